The van der Waals surface area contributed by atoms with Crippen LogP contribution in [0.1, 0.15) is 21.8 Å². The average molecular weight is 544 g/mol. The maximum Gasteiger partial charge on any atom is 0.259 e. The molecule has 1 aliphatic carbocycles. The fourth-order valence-electron chi connectivity index (χ4n) is 3.72. The molecule has 0 aliphatic heterocycles. The predicted octanol–water partition coefficient (Wildman–Crippen LogP) is 7.07. The van der Waals surface area contributed by atoms with Gasteiger partial charge in [-0.3, -0.25) is 9.59 Å². The van der Waals surface area contributed by atoms with Crippen LogP contribution in [0.15, 0.2) is 60.7 Å². The van der Waals surface area contributed by atoms with Gasteiger partial charge in [0, 0.05) is 24.3 Å². The Hall–Kier alpha value is -2.38. The molecule has 4 rings (SSSR count). The molecular formula is C24H16Cl4F2N2O2. The zero-order chi connectivity index (χ0) is 24.8. The molecule has 2 unspecified atom stereocenters. The summed E-state index contributed by atoms with van der Waals surface area (Å²) in [5.41, 5.74) is 1.32. The van der Waals surface area contributed by atoms with Crippen molar-refractivity contribution in [3.63, 3.8) is 0 Å². The second-order valence-corrected chi connectivity index (χ2v) is 10.1. The zero-order valence-corrected chi connectivity index (χ0v) is 20.5. The van der Waals surface area contributed by atoms with E-state index in [-0.39, 0.29) is 15.6 Å². The number of nitrogens with one attached hydrogen (secondary N) is 1. The van der Waals surface area contributed by atoms with Crippen LogP contribution in [0.25, 0.3) is 0 Å². The van der Waals surface area contributed by atoms with E-state index >= 15 is 0 Å². The van der Waals surface area contributed by atoms with E-state index in [1.807, 2.05) is 0 Å². The van der Waals surface area contributed by atoms with Crippen LogP contribution in [-0.4, -0.2) is 23.2 Å². The standard InChI is InChI=1S/C24H16Cl4F2N2O2/c1-32(15-6-3-13(29)4-7-15)23(34)16-11-14(5-9-17(16)25)31-22(33)21-20(24(21,27)28)12-2-8-18(26)19(30)10-12/h2-11,20-21H,1H3,(H,31,33). The van der Waals surface area contributed by atoms with Gasteiger partial charge in [-0.15, -0.1) is 23.2 Å². The monoisotopic (exact) mass is 542 g/mol. The summed E-state index contributed by atoms with van der Waals surface area (Å²) in [6.45, 7) is 0. The predicted molar refractivity (Wildman–Crippen MR) is 131 cm³/mol. The zero-order valence-electron chi connectivity index (χ0n) is 17.5. The topological polar surface area (TPSA) is 49.4 Å². The first kappa shape index (κ1) is 24.7. The maximum absolute atomic E-state index is 13.9. The molecule has 0 aromatic heterocycles. The third kappa shape index (κ3) is 4.73. The Bertz CT molecular complexity index is 1280. The first-order chi connectivity index (χ1) is 16.0. The second-order valence-electron chi connectivity index (χ2n) is 7.83. The van der Waals surface area contributed by atoms with Crippen LogP contribution in [0.4, 0.5) is 20.2 Å². The van der Waals surface area contributed by atoms with Crippen molar-refractivity contribution in [1.29, 1.82) is 0 Å². The molecule has 2 atom stereocenters. The molecule has 4 nitrogen and oxygen atoms in total. The fourth-order valence-corrected chi connectivity index (χ4v) is 4.87. The van der Waals surface area contributed by atoms with Gasteiger partial charge in [-0.1, -0.05) is 29.3 Å². The molecule has 10 heteroatoms. The quantitative estimate of drug-likeness (QED) is 0.350. The van der Waals surface area contributed by atoms with Crippen molar-refractivity contribution in [3.8, 4) is 0 Å². The Morgan fingerprint density at radius 1 is 0.941 bits per heavy atom. The highest BCUT2D eigenvalue weighted by Gasteiger charge is 2.67. The molecule has 0 saturated heterocycles. The molecule has 3 aromatic carbocycles. The number of halogens is 6. The Labute approximate surface area is 214 Å². The van der Waals surface area contributed by atoms with Crippen molar-refractivity contribution in [2.45, 2.75) is 10.3 Å². The normalized spacial score (nSPS) is 18.3. The number of benzene rings is 3. The van der Waals surface area contributed by atoms with Gasteiger partial charge in [0.15, 0.2) is 0 Å². The van der Waals surface area contributed by atoms with Gasteiger partial charge in [-0.05, 0) is 60.2 Å². The molecule has 0 heterocycles. The minimum absolute atomic E-state index is 0.0517. The molecule has 1 N–H and O–H groups in total. The number of hydrogen-bond donors (Lipinski definition) is 1. The number of rotatable bonds is 5. The Kier molecular flexibility index (Phi) is 6.80. The third-order valence-corrected chi connectivity index (χ3v) is 7.20. The van der Waals surface area contributed by atoms with Crippen molar-refractivity contribution < 1.29 is 18.4 Å². The molecule has 0 radical (unpaired) electrons. The van der Waals surface area contributed by atoms with Crippen molar-refractivity contribution in [1.82, 2.24) is 0 Å². The Morgan fingerprint density at radius 2 is 1.59 bits per heavy atom. The van der Waals surface area contributed by atoms with Gasteiger partial charge in [0.2, 0.25) is 5.91 Å². The van der Waals surface area contributed by atoms with E-state index in [1.54, 1.807) is 6.07 Å². The Morgan fingerprint density at radius 3 is 2.24 bits per heavy atom. The lowest BCUT2D eigenvalue weighted by Gasteiger charge is -2.18. The van der Waals surface area contributed by atoms with Gasteiger partial charge in [-0.2, -0.15) is 0 Å². The third-order valence-electron chi connectivity index (χ3n) is 5.62. The van der Waals surface area contributed by atoms with E-state index in [0.717, 1.165) is 0 Å². The lowest BCUT2D eigenvalue weighted by Crippen LogP contribution is -2.26. The summed E-state index contributed by atoms with van der Waals surface area (Å²) < 4.78 is 25.6. The summed E-state index contributed by atoms with van der Waals surface area (Å²) in [7, 11) is 1.52. The molecule has 0 spiro atoms. The molecule has 0 bridgehead atoms. The highest BCUT2D eigenvalue weighted by atomic mass is 35.5. The largest absolute Gasteiger partial charge is 0.326 e. The summed E-state index contributed by atoms with van der Waals surface area (Å²) in [4.78, 5) is 27.2. The van der Waals surface area contributed by atoms with Crippen molar-refractivity contribution >= 4 is 69.6 Å². The number of amides is 2. The lowest BCUT2D eigenvalue weighted by atomic mass is 10.1. The van der Waals surface area contributed by atoms with Gasteiger partial charge in [0.25, 0.3) is 5.91 Å². The summed E-state index contributed by atoms with van der Waals surface area (Å²) in [6, 6.07) is 13.9. The van der Waals surface area contributed by atoms with Crippen LogP contribution < -0.4 is 10.2 Å². The first-order valence-corrected chi connectivity index (χ1v) is 11.5. The smallest absolute Gasteiger partial charge is 0.259 e. The van der Waals surface area contributed by atoms with E-state index < -0.39 is 39.6 Å². The first-order valence-electron chi connectivity index (χ1n) is 9.97. The Balaban J connectivity index is 1.53. The number of nitrogens with zero attached hydrogens (tertiary/aromatic N) is 1. The van der Waals surface area contributed by atoms with Gasteiger partial charge < -0.3 is 10.2 Å². The highest BCUT2D eigenvalue weighted by molar-refractivity contribution is 6.53. The SMILES string of the molecule is CN(C(=O)c1cc(NC(=O)C2C(c3ccc(Cl)c(F)c3)C2(Cl)Cl)ccc1Cl)c1ccc(F)cc1. The van der Waals surface area contributed by atoms with E-state index in [2.05, 4.69) is 5.32 Å². The number of alkyl halides is 2. The summed E-state index contributed by atoms with van der Waals surface area (Å²) in [5.74, 6) is -3.52. The summed E-state index contributed by atoms with van der Waals surface area (Å²) >= 11 is 24.6. The summed E-state index contributed by atoms with van der Waals surface area (Å²) in [6.07, 6.45) is 0. The molecule has 34 heavy (non-hydrogen) atoms. The van der Waals surface area contributed by atoms with Gasteiger partial charge >= 0.3 is 0 Å². The van der Waals surface area contributed by atoms with E-state index in [1.165, 1.54) is 66.5 Å². The molecule has 1 aliphatic rings. The number of carbonyl (C=O) groups excluding carboxylic acids is 2. The highest BCUT2D eigenvalue weighted by Crippen LogP contribution is 2.65. The lowest BCUT2D eigenvalue weighted by molar-refractivity contribution is -0.117. The van der Waals surface area contributed by atoms with Crippen LogP contribution in [0, 0.1) is 17.6 Å². The van der Waals surface area contributed by atoms with Crippen LogP contribution in [0.3, 0.4) is 0 Å². The van der Waals surface area contributed by atoms with Crippen molar-refractivity contribution in [3.05, 3.63) is 93.5 Å². The van der Waals surface area contributed by atoms with Crippen LogP contribution in [0.5, 0.6) is 0 Å². The molecule has 2 amide bonds. The minimum Gasteiger partial charge on any atom is -0.326 e. The van der Waals surface area contributed by atoms with Crippen LogP contribution in [0.2, 0.25) is 10.0 Å². The van der Waals surface area contributed by atoms with Crippen LogP contribution in [-0.2, 0) is 4.79 Å². The van der Waals surface area contributed by atoms with Crippen molar-refractivity contribution in [2.75, 3.05) is 17.3 Å². The van der Waals surface area contributed by atoms with Gasteiger partial charge in [-0.25, -0.2) is 8.78 Å². The van der Waals surface area contributed by atoms with Crippen LogP contribution >= 0.6 is 46.4 Å². The number of anilines is 2. The maximum atomic E-state index is 13.9. The average Bonchev–Trinajstić information content (AvgIpc) is 3.38. The van der Waals surface area contributed by atoms with Gasteiger partial charge in [0.1, 0.15) is 16.0 Å². The fraction of sp³-hybridized carbons (Fsp3) is 0.167. The van der Waals surface area contributed by atoms with Crippen molar-refractivity contribution in [2.24, 2.45) is 5.92 Å². The molecule has 3 aromatic rings. The molecule has 1 fully saturated rings. The van der Waals surface area contributed by atoms with E-state index in [4.69, 9.17) is 46.4 Å². The van der Waals surface area contributed by atoms with E-state index in [9.17, 15) is 18.4 Å². The summed E-state index contributed by atoms with van der Waals surface area (Å²) in [5, 5.41) is 2.80. The molecule has 176 valence electrons. The molecular weight excluding hydrogens is 528 g/mol. The minimum atomic E-state index is -1.43. The number of carbonyl (C=O) groups is 2. The van der Waals surface area contributed by atoms with E-state index in [0.29, 0.717) is 16.9 Å². The number of hydrogen-bond acceptors (Lipinski definition) is 2. The molecule has 1 saturated carbocycles. The second kappa shape index (κ2) is 9.34. The van der Waals surface area contributed by atoms with Gasteiger partial charge in [0.05, 0.1) is 21.5 Å².